The van der Waals surface area contributed by atoms with Crippen molar-refractivity contribution in [3.8, 4) is 21.8 Å². The number of nitrogens with two attached hydrogens (primary N) is 1. The van der Waals surface area contributed by atoms with Crippen LogP contribution < -0.4 is 11.1 Å². The molecule has 2 aromatic heterocycles. The second-order valence-corrected chi connectivity index (χ2v) is 6.97. The summed E-state index contributed by atoms with van der Waals surface area (Å²) in [5, 5.41) is 5.62. The molecule has 6 nitrogen and oxygen atoms in total. The number of carbonyl (C=O) groups is 1. The van der Waals surface area contributed by atoms with Crippen LogP contribution in [0.5, 0.6) is 0 Å². The van der Waals surface area contributed by atoms with Gasteiger partial charge < -0.3 is 11.1 Å². The van der Waals surface area contributed by atoms with Gasteiger partial charge in [0.25, 0.3) is 5.91 Å². The molecule has 0 radical (unpaired) electrons. The van der Waals surface area contributed by atoms with Crippen molar-refractivity contribution in [2.75, 3.05) is 5.73 Å². The number of benzene rings is 2. The van der Waals surface area contributed by atoms with Gasteiger partial charge in [0.05, 0.1) is 11.3 Å². The first-order valence-electron chi connectivity index (χ1n) is 8.64. The van der Waals surface area contributed by atoms with E-state index in [2.05, 4.69) is 20.3 Å². The number of anilines is 1. The Morgan fingerprint density at radius 3 is 2.79 bits per heavy atom. The minimum absolute atomic E-state index is 0.123. The Morgan fingerprint density at radius 1 is 1.11 bits per heavy atom. The molecule has 2 aromatic carbocycles. The predicted octanol–water partition coefficient (Wildman–Crippen LogP) is 3.78. The van der Waals surface area contributed by atoms with Crippen molar-refractivity contribution < 1.29 is 4.79 Å². The number of thiazole rings is 1. The molecular formula is C21H17N5OS. The van der Waals surface area contributed by atoms with Crippen molar-refractivity contribution in [2.45, 2.75) is 6.54 Å². The lowest BCUT2D eigenvalue weighted by Gasteiger charge is -2.06. The fraction of sp³-hybridized carbons (Fsp3) is 0.0476. The molecule has 0 saturated carbocycles. The lowest BCUT2D eigenvalue weighted by molar-refractivity contribution is 0.0951. The largest absolute Gasteiger partial charge is 0.383 e. The van der Waals surface area contributed by atoms with Crippen molar-refractivity contribution in [1.82, 2.24) is 20.3 Å². The van der Waals surface area contributed by atoms with Gasteiger partial charge in [0.1, 0.15) is 17.2 Å². The van der Waals surface area contributed by atoms with Gasteiger partial charge in [-0.05, 0) is 17.7 Å². The fourth-order valence-corrected chi connectivity index (χ4v) is 3.58. The van der Waals surface area contributed by atoms with Crippen molar-refractivity contribution in [3.05, 3.63) is 83.6 Å². The summed E-state index contributed by atoms with van der Waals surface area (Å²) in [6.45, 7) is 0.484. The van der Waals surface area contributed by atoms with Gasteiger partial charge in [-0.1, -0.05) is 42.5 Å². The molecule has 0 spiro atoms. The summed E-state index contributed by atoms with van der Waals surface area (Å²) < 4.78 is 0. The van der Waals surface area contributed by atoms with Crippen LogP contribution in [0.3, 0.4) is 0 Å². The molecule has 4 aromatic rings. The molecule has 0 aliphatic carbocycles. The highest BCUT2D eigenvalue weighted by Gasteiger charge is 2.12. The topological polar surface area (TPSA) is 93.8 Å². The Hall–Kier alpha value is -3.58. The SMILES string of the molecule is Nc1ncncc1-c1nc(-c2cccc(C(=O)NCc3ccccc3)c2)cs1. The van der Waals surface area contributed by atoms with Gasteiger partial charge in [0.2, 0.25) is 0 Å². The second-order valence-electron chi connectivity index (χ2n) is 6.11. The van der Waals surface area contributed by atoms with Crippen LogP contribution in [0, 0.1) is 0 Å². The van der Waals surface area contributed by atoms with Crippen molar-refractivity contribution in [1.29, 1.82) is 0 Å². The minimum atomic E-state index is -0.123. The van der Waals surface area contributed by atoms with Crippen LogP contribution >= 0.6 is 11.3 Å². The summed E-state index contributed by atoms with van der Waals surface area (Å²) in [6, 6.07) is 17.2. The van der Waals surface area contributed by atoms with E-state index >= 15 is 0 Å². The molecule has 0 unspecified atom stereocenters. The molecule has 0 aliphatic rings. The molecule has 0 atom stereocenters. The monoisotopic (exact) mass is 387 g/mol. The van der Waals surface area contributed by atoms with Crippen LogP contribution in [0.1, 0.15) is 15.9 Å². The summed E-state index contributed by atoms with van der Waals surface area (Å²) >= 11 is 1.46. The van der Waals surface area contributed by atoms with Gasteiger partial charge in [0, 0.05) is 29.2 Å². The first-order chi connectivity index (χ1) is 13.7. The Labute approximate surface area is 166 Å². The highest BCUT2D eigenvalue weighted by Crippen LogP contribution is 2.31. The number of amides is 1. The number of hydrogen-bond donors (Lipinski definition) is 2. The van der Waals surface area contributed by atoms with Crippen LogP contribution in [-0.2, 0) is 6.54 Å². The standard InChI is InChI=1S/C21H17N5OS/c22-19-17(11-23-13-25-19)21-26-18(12-28-21)15-7-4-8-16(9-15)20(27)24-10-14-5-2-1-3-6-14/h1-9,11-13H,10H2,(H,24,27)(H2,22,23,25). The van der Waals surface area contributed by atoms with E-state index in [0.717, 1.165) is 21.8 Å². The molecule has 0 fully saturated rings. The van der Waals surface area contributed by atoms with Crippen molar-refractivity contribution >= 4 is 23.1 Å². The van der Waals surface area contributed by atoms with E-state index in [1.807, 2.05) is 53.9 Å². The number of nitrogens with one attached hydrogen (secondary N) is 1. The van der Waals surface area contributed by atoms with Gasteiger partial charge in [-0.2, -0.15) is 0 Å². The van der Waals surface area contributed by atoms with E-state index in [1.54, 1.807) is 12.3 Å². The zero-order valence-electron chi connectivity index (χ0n) is 14.9. The van der Waals surface area contributed by atoms with Gasteiger partial charge in [-0.3, -0.25) is 4.79 Å². The highest BCUT2D eigenvalue weighted by molar-refractivity contribution is 7.13. The maximum Gasteiger partial charge on any atom is 0.251 e. The normalized spacial score (nSPS) is 10.6. The van der Waals surface area contributed by atoms with Crippen LogP contribution in [-0.4, -0.2) is 20.9 Å². The summed E-state index contributed by atoms with van der Waals surface area (Å²) in [5.74, 6) is 0.270. The molecule has 2 heterocycles. The maximum absolute atomic E-state index is 12.5. The molecule has 4 rings (SSSR count). The van der Waals surface area contributed by atoms with E-state index in [1.165, 1.54) is 17.7 Å². The van der Waals surface area contributed by atoms with E-state index in [0.29, 0.717) is 23.5 Å². The Morgan fingerprint density at radius 2 is 1.96 bits per heavy atom. The number of nitrogens with zero attached hydrogens (tertiary/aromatic N) is 3. The summed E-state index contributed by atoms with van der Waals surface area (Å²) in [5.41, 5.74) is 9.90. The fourth-order valence-electron chi connectivity index (χ4n) is 2.73. The number of aromatic nitrogens is 3. The highest BCUT2D eigenvalue weighted by atomic mass is 32.1. The first kappa shape index (κ1) is 17.8. The van der Waals surface area contributed by atoms with Crippen LogP contribution in [0.25, 0.3) is 21.8 Å². The molecule has 0 aliphatic heterocycles. The van der Waals surface area contributed by atoms with E-state index < -0.39 is 0 Å². The smallest absolute Gasteiger partial charge is 0.251 e. The Balaban J connectivity index is 1.53. The zero-order chi connectivity index (χ0) is 19.3. The third-order valence-corrected chi connectivity index (χ3v) is 5.07. The minimum Gasteiger partial charge on any atom is -0.383 e. The first-order valence-corrected chi connectivity index (χ1v) is 9.52. The lowest BCUT2D eigenvalue weighted by atomic mass is 10.1. The molecular weight excluding hydrogens is 370 g/mol. The maximum atomic E-state index is 12.5. The molecule has 28 heavy (non-hydrogen) atoms. The molecule has 0 bridgehead atoms. The lowest BCUT2D eigenvalue weighted by Crippen LogP contribution is -2.22. The van der Waals surface area contributed by atoms with Crippen LogP contribution in [0.4, 0.5) is 5.82 Å². The Kier molecular flexibility index (Phi) is 5.07. The van der Waals surface area contributed by atoms with Gasteiger partial charge in [0.15, 0.2) is 0 Å². The third-order valence-electron chi connectivity index (χ3n) is 4.19. The number of carbonyl (C=O) groups excluding carboxylic acids is 1. The number of rotatable bonds is 5. The summed E-state index contributed by atoms with van der Waals surface area (Å²) in [6.07, 6.45) is 3.06. The van der Waals surface area contributed by atoms with E-state index in [9.17, 15) is 4.79 Å². The summed E-state index contributed by atoms with van der Waals surface area (Å²) in [4.78, 5) is 25.2. The molecule has 0 saturated heterocycles. The van der Waals surface area contributed by atoms with Crippen molar-refractivity contribution in [3.63, 3.8) is 0 Å². The van der Waals surface area contributed by atoms with Crippen LogP contribution in [0.2, 0.25) is 0 Å². The second kappa shape index (κ2) is 7.98. The molecule has 1 amide bonds. The Bertz CT molecular complexity index is 1110. The van der Waals surface area contributed by atoms with E-state index in [4.69, 9.17) is 5.73 Å². The van der Waals surface area contributed by atoms with Crippen molar-refractivity contribution in [2.24, 2.45) is 0 Å². The number of hydrogen-bond acceptors (Lipinski definition) is 6. The predicted molar refractivity (Wildman–Crippen MR) is 111 cm³/mol. The molecule has 3 N–H and O–H groups in total. The third kappa shape index (κ3) is 3.89. The molecule has 7 heteroatoms. The van der Waals surface area contributed by atoms with Gasteiger partial charge in [-0.25, -0.2) is 15.0 Å². The van der Waals surface area contributed by atoms with Crippen LogP contribution in [0.15, 0.2) is 72.5 Å². The summed E-state index contributed by atoms with van der Waals surface area (Å²) in [7, 11) is 0. The van der Waals surface area contributed by atoms with Gasteiger partial charge >= 0.3 is 0 Å². The quantitative estimate of drug-likeness (QED) is 0.543. The van der Waals surface area contributed by atoms with Gasteiger partial charge in [-0.15, -0.1) is 11.3 Å². The van der Waals surface area contributed by atoms with E-state index in [-0.39, 0.29) is 5.91 Å². The zero-order valence-corrected chi connectivity index (χ0v) is 15.7. The molecule has 138 valence electrons. The average Bonchev–Trinajstić information content (AvgIpc) is 3.23. The average molecular weight is 387 g/mol. The number of nitrogen functional groups attached to an aromatic ring is 1.